The number of nitrogens with zero attached hydrogens (tertiary/aromatic N) is 3. The molecule has 6 heteroatoms. The molecule has 120 valence electrons. The van der Waals surface area contributed by atoms with Crippen molar-refractivity contribution in [2.45, 2.75) is 43.5 Å². The fraction of sp³-hybridized carbons (Fsp3) is 0.353. The van der Waals surface area contributed by atoms with Crippen molar-refractivity contribution in [2.24, 2.45) is 0 Å². The molecule has 1 aromatic carbocycles. The number of aromatic nitrogens is 4. The first kappa shape index (κ1) is 15.8. The summed E-state index contributed by atoms with van der Waals surface area (Å²) in [6.45, 7) is 8.24. The second-order valence-electron chi connectivity index (χ2n) is 6.43. The van der Waals surface area contributed by atoms with Crippen molar-refractivity contribution < 1.29 is 4.52 Å². The Hall–Kier alpha value is -2.08. The highest BCUT2D eigenvalue weighted by atomic mass is 32.2. The first-order valence-corrected chi connectivity index (χ1v) is 8.42. The maximum atomic E-state index is 5.39. The molecule has 0 aliphatic heterocycles. The molecule has 3 aromatic rings. The predicted molar refractivity (Wildman–Crippen MR) is 91.3 cm³/mol. The Morgan fingerprint density at radius 3 is 2.57 bits per heavy atom. The third kappa shape index (κ3) is 3.64. The molecule has 5 nitrogen and oxygen atoms in total. The van der Waals surface area contributed by atoms with Crippen LogP contribution in [0.4, 0.5) is 0 Å². The molecule has 0 saturated carbocycles. The fourth-order valence-electron chi connectivity index (χ4n) is 2.05. The minimum Gasteiger partial charge on any atom is -0.338 e. The van der Waals surface area contributed by atoms with E-state index >= 15 is 0 Å². The summed E-state index contributed by atoms with van der Waals surface area (Å²) in [4.78, 5) is 12.3. The quantitative estimate of drug-likeness (QED) is 0.708. The fourth-order valence-corrected chi connectivity index (χ4v) is 2.86. The van der Waals surface area contributed by atoms with Gasteiger partial charge in [-0.05, 0) is 12.5 Å². The first-order chi connectivity index (χ1) is 10.9. The van der Waals surface area contributed by atoms with Crippen molar-refractivity contribution in [1.82, 2.24) is 20.1 Å². The van der Waals surface area contributed by atoms with E-state index in [9.17, 15) is 0 Å². The lowest BCUT2D eigenvalue weighted by molar-refractivity contribution is 0.364. The largest absolute Gasteiger partial charge is 0.338 e. The van der Waals surface area contributed by atoms with Gasteiger partial charge in [-0.3, -0.25) is 0 Å². The van der Waals surface area contributed by atoms with E-state index in [0.717, 1.165) is 22.2 Å². The van der Waals surface area contributed by atoms with Crippen LogP contribution < -0.4 is 0 Å². The Morgan fingerprint density at radius 2 is 1.91 bits per heavy atom. The predicted octanol–water partition coefficient (Wildman–Crippen LogP) is 4.61. The van der Waals surface area contributed by atoms with Gasteiger partial charge in [0.05, 0.1) is 17.1 Å². The second-order valence-corrected chi connectivity index (χ2v) is 7.76. The molecule has 0 bridgehead atoms. The van der Waals surface area contributed by atoms with Crippen molar-refractivity contribution in [3.8, 4) is 11.3 Å². The molecule has 1 atom stereocenters. The van der Waals surface area contributed by atoms with Gasteiger partial charge in [0.25, 0.3) is 0 Å². The molecular weight excluding hydrogens is 308 g/mol. The summed E-state index contributed by atoms with van der Waals surface area (Å²) in [6.07, 6.45) is 1.85. The minimum atomic E-state index is -0.114. The molecule has 1 N–H and O–H groups in total. The average molecular weight is 328 g/mol. The summed E-state index contributed by atoms with van der Waals surface area (Å²) < 4.78 is 5.39. The molecule has 0 fully saturated rings. The molecule has 0 aliphatic carbocycles. The molecule has 3 rings (SSSR count). The highest BCUT2D eigenvalue weighted by Gasteiger charge is 2.24. The molecule has 0 radical (unpaired) electrons. The van der Waals surface area contributed by atoms with E-state index in [0.29, 0.717) is 5.89 Å². The average Bonchev–Trinajstić information content (AvgIpc) is 3.17. The van der Waals surface area contributed by atoms with Crippen LogP contribution in [0.1, 0.15) is 44.7 Å². The number of H-pyrrole nitrogens is 1. The van der Waals surface area contributed by atoms with Crippen molar-refractivity contribution >= 4 is 11.8 Å². The van der Waals surface area contributed by atoms with E-state index in [-0.39, 0.29) is 10.7 Å². The molecule has 23 heavy (non-hydrogen) atoms. The summed E-state index contributed by atoms with van der Waals surface area (Å²) in [7, 11) is 0. The van der Waals surface area contributed by atoms with E-state index in [4.69, 9.17) is 4.52 Å². The molecule has 0 aliphatic rings. The summed E-state index contributed by atoms with van der Waals surface area (Å²) >= 11 is 1.57. The number of nitrogens with one attached hydrogen (secondary N) is 1. The Kier molecular flexibility index (Phi) is 4.26. The zero-order valence-corrected chi connectivity index (χ0v) is 14.5. The summed E-state index contributed by atoms with van der Waals surface area (Å²) in [5.41, 5.74) is 2.01. The van der Waals surface area contributed by atoms with Gasteiger partial charge in [0.2, 0.25) is 5.89 Å². The number of hydrogen-bond donors (Lipinski definition) is 1. The number of thioether (sulfide) groups is 1. The summed E-state index contributed by atoms with van der Waals surface area (Å²) in [6, 6.07) is 10.1. The molecule has 2 aromatic heterocycles. The molecule has 0 amide bonds. The Balaban J connectivity index is 1.72. The molecule has 1 unspecified atom stereocenters. The SMILES string of the molecule is CC(Sc1ncc(-c2ccccc2)[nH]1)c1nc(C(C)(C)C)no1. The van der Waals surface area contributed by atoms with Gasteiger partial charge in [0, 0.05) is 5.41 Å². The third-order valence-corrected chi connectivity index (χ3v) is 4.37. The highest BCUT2D eigenvalue weighted by molar-refractivity contribution is 7.99. The van der Waals surface area contributed by atoms with Gasteiger partial charge in [-0.25, -0.2) is 4.98 Å². The van der Waals surface area contributed by atoms with E-state index in [1.54, 1.807) is 11.8 Å². The first-order valence-electron chi connectivity index (χ1n) is 7.54. The van der Waals surface area contributed by atoms with Crippen molar-refractivity contribution in [3.63, 3.8) is 0 Å². The monoisotopic (exact) mass is 328 g/mol. The highest BCUT2D eigenvalue weighted by Crippen LogP contribution is 2.34. The van der Waals surface area contributed by atoms with Gasteiger partial charge in [-0.2, -0.15) is 4.98 Å². The van der Waals surface area contributed by atoms with Crippen LogP contribution in [-0.4, -0.2) is 20.1 Å². The lowest BCUT2D eigenvalue weighted by Crippen LogP contribution is -2.13. The number of imidazole rings is 1. The maximum Gasteiger partial charge on any atom is 0.239 e. The standard InChI is InChI=1S/C17H20N4OS/c1-11(14-20-15(21-22-14)17(2,3)4)23-16-18-10-13(19-16)12-8-6-5-7-9-12/h5-11H,1-4H3,(H,18,19). The van der Waals surface area contributed by atoms with Crippen LogP contribution in [-0.2, 0) is 5.41 Å². The summed E-state index contributed by atoms with van der Waals surface area (Å²) in [5.74, 6) is 1.35. The number of aromatic amines is 1. The number of hydrogen-bond acceptors (Lipinski definition) is 5. The van der Waals surface area contributed by atoms with Crippen LogP contribution in [0.5, 0.6) is 0 Å². The van der Waals surface area contributed by atoms with Crippen molar-refractivity contribution in [2.75, 3.05) is 0 Å². The summed E-state index contributed by atoms with van der Waals surface area (Å²) in [5, 5.41) is 4.95. The van der Waals surface area contributed by atoms with Gasteiger partial charge >= 0.3 is 0 Å². The molecular formula is C17H20N4OS. The van der Waals surface area contributed by atoms with Gasteiger partial charge < -0.3 is 9.51 Å². The van der Waals surface area contributed by atoms with Crippen LogP contribution in [0, 0.1) is 0 Å². The van der Waals surface area contributed by atoms with Crippen LogP contribution in [0.3, 0.4) is 0 Å². The third-order valence-electron chi connectivity index (χ3n) is 3.39. The number of benzene rings is 1. The topological polar surface area (TPSA) is 67.6 Å². The van der Waals surface area contributed by atoms with Crippen LogP contribution in [0.15, 0.2) is 46.2 Å². The molecule has 0 saturated heterocycles. The van der Waals surface area contributed by atoms with Crippen molar-refractivity contribution in [1.29, 1.82) is 0 Å². The number of rotatable bonds is 4. The van der Waals surface area contributed by atoms with Crippen LogP contribution >= 0.6 is 11.8 Å². The Bertz CT molecular complexity index is 773. The normalized spacial score (nSPS) is 13.2. The van der Waals surface area contributed by atoms with Crippen LogP contribution in [0.25, 0.3) is 11.3 Å². The van der Waals surface area contributed by atoms with Gasteiger partial charge in [-0.1, -0.05) is 68.0 Å². The van der Waals surface area contributed by atoms with Crippen LogP contribution in [0.2, 0.25) is 0 Å². The van der Waals surface area contributed by atoms with E-state index < -0.39 is 0 Å². The molecule has 0 spiro atoms. The van der Waals surface area contributed by atoms with Gasteiger partial charge in [0.1, 0.15) is 0 Å². The van der Waals surface area contributed by atoms with Gasteiger partial charge in [-0.15, -0.1) is 0 Å². The second kappa shape index (κ2) is 6.20. The zero-order chi connectivity index (χ0) is 16.4. The smallest absolute Gasteiger partial charge is 0.239 e. The van der Waals surface area contributed by atoms with E-state index in [1.807, 2.05) is 31.3 Å². The zero-order valence-electron chi connectivity index (χ0n) is 13.7. The lowest BCUT2D eigenvalue weighted by atomic mass is 9.96. The Labute approximate surface area is 139 Å². The minimum absolute atomic E-state index is 0.0355. The molecule has 2 heterocycles. The van der Waals surface area contributed by atoms with E-state index in [1.165, 1.54) is 0 Å². The van der Waals surface area contributed by atoms with Gasteiger partial charge in [0.15, 0.2) is 11.0 Å². The van der Waals surface area contributed by atoms with Crippen molar-refractivity contribution in [3.05, 3.63) is 48.2 Å². The van der Waals surface area contributed by atoms with E-state index in [2.05, 4.69) is 53.0 Å². The maximum absolute atomic E-state index is 5.39. The Morgan fingerprint density at radius 1 is 1.17 bits per heavy atom. The lowest BCUT2D eigenvalue weighted by Gasteiger charge is -2.11.